The van der Waals surface area contributed by atoms with Crippen LogP contribution in [0.3, 0.4) is 0 Å². The van der Waals surface area contributed by atoms with Crippen LogP contribution in [0.15, 0.2) is 24.3 Å². The van der Waals surface area contributed by atoms with Crippen molar-refractivity contribution in [2.24, 2.45) is 5.41 Å². The molecule has 1 amide bonds. The molecule has 0 saturated carbocycles. The van der Waals surface area contributed by atoms with Crippen LogP contribution in [-0.2, 0) is 15.0 Å². The second kappa shape index (κ2) is 4.65. The van der Waals surface area contributed by atoms with Crippen LogP contribution >= 0.6 is 0 Å². The van der Waals surface area contributed by atoms with Crippen LogP contribution in [0.1, 0.15) is 38.2 Å². The molecule has 1 N–H and O–H groups in total. The number of anilines is 1. The fourth-order valence-corrected chi connectivity index (χ4v) is 5.48. The van der Waals surface area contributed by atoms with Gasteiger partial charge in [0.1, 0.15) is 17.7 Å². The first kappa shape index (κ1) is 14.8. The Balaban J connectivity index is 1.96. The molecule has 3 heterocycles. The molecule has 0 aliphatic carbocycles. The van der Waals surface area contributed by atoms with Gasteiger partial charge in [0.05, 0.1) is 18.5 Å². The number of hydroxylamine groups is 3. The first-order valence-electron chi connectivity index (χ1n) is 8.47. The van der Waals surface area contributed by atoms with Crippen molar-refractivity contribution in [2.75, 3.05) is 18.4 Å². The third-order valence-corrected chi connectivity index (χ3v) is 6.50. The zero-order valence-electron chi connectivity index (χ0n) is 13.4. The standard InChI is InChI=1S/C18H22N2O3/c1-2-17(12-21)8-5-10-20(23)11-9-18(15(17)20)13-6-3-4-7-14(13)19-16(18)22/h3-4,6-7,12,15H,2,5,8-11H2,1H3,(H,19,22)/t15-,17-,18+,20+/m0/s1. The molecule has 0 bridgehead atoms. The lowest BCUT2D eigenvalue weighted by atomic mass is 9.60. The summed E-state index contributed by atoms with van der Waals surface area (Å²) in [6, 6.07) is 7.13. The van der Waals surface area contributed by atoms with Crippen molar-refractivity contribution in [1.82, 2.24) is 0 Å². The number of piperidine rings is 1. The monoisotopic (exact) mass is 314 g/mol. The minimum Gasteiger partial charge on any atom is -0.633 e. The highest BCUT2D eigenvalue weighted by atomic mass is 16.6. The lowest BCUT2D eigenvalue weighted by Crippen LogP contribution is -2.66. The zero-order valence-corrected chi connectivity index (χ0v) is 13.4. The van der Waals surface area contributed by atoms with Crippen LogP contribution in [0, 0.1) is 10.6 Å². The molecule has 5 nitrogen and oxygen atoms in total. The molecular formula is C18H22N2O3. The molecule has 0 unspecified atom stereocenters. The van der Waals surface area contributed by atoms with Gasteiger partial charge >= 0.3 is 0 Å². The summed E-state index contributed by atoms with van der Waals surface area (Å²) < 4.78 is -0.395. The van der Waals surface area contributed by atoms with Gasteiger partial charge in [0.2, 0.25) is 5.91 Å². The van der Waals surface area contributed by atoms with E-state index in [-0.39, 0.29) is 5.91 Å². The van der Waals surface area contributed by atoms with E-state index in [4.69, 9.17) is 0 Å². The topological polar surface area (TPSA) is 69.2 Å². The number of benzene rings is 1. The Labute approximate surface area is 135 Å². The molecule has 1 spiro atoms. The maximum atomic E-state index is 13.5. The predicted molar refractivity (Wildman–Crippen MR) is 86.5 cm³/mol. The van der Waals surface area contributed by atoms with Gasteiger partial charge < -0.3 is 20.0 Å². The second-order valence-corrected chi connectivity index (χ2v) is 7.33. The Kier molecular flexibility index (Phi) is 3.00. The Hall–Kier alpha value is -1.72. The average Bonchev–Trinajstić information content (AvgIpc) is 3.04. The van der Waals surface area contributed by atoms with Crippen LogP contribution in [-0.4, -0.2) is 36.0 Å². The highest BCUT2D eigenvalue weighted by molar-refractivity contribution is 6.07. The van der Waals surface area contributed by atoms with Gasteiger partial charge in [-0.3, -0.25) is 4.79 Å². The normalized spacial score (nSPS) is 41.5. The fraction of sp³-hybridized carbons (Fsp3) is 0.556. The zero-order chi connectivity index (χ0) is 16.3. The van der Waals surface area contributed by atoms with Gasteiger partial charge in [-0.15, -0.1) is 0 Å². The van der Waals surface area contributed by atoms with Crippen molar-refractivity contribution in [1.29, 1.82) is 0 Å². The molecule has 4 atom stereocenters. The third-order valence-electron chi connectivity index (χ3n) is 6.50. The average molecular weight is 314 g/mol. The van der Waals surface area contributed by atoms with Crippen molar-refractivity contribution in [2.45, 2.75) is 44.1 Å². The number of amides is 1. The smallest absolute Gasteiger partial charge is 0.241 e. The van der Waals surface area contributed by atoms with E-state index in [1.165, 1.54) is 0 Å². The molecule has 3 aliphatic rings. The van der Waals surface area contributed by atoms with E-state index in [1.54, 1.807) is 0 Å². The summed E-state index contributed by atoms with van der Waals surface area (Å²) in [5.74, 6) is -0.0962. The van der Waals surface area contributed by atoms with Crippen LogP contribution in [0.5, 0.6) is 0 Å². The van der Waals surface area contributed by atoms with Crippen molar-refractivity contribution in [3.63, 3.8) is 0 Å². The van der Waals surface area contributed by atoms with Crippen molar-refractivity contribution >= 4 is 17.9 Å². The molecule has 2 saturated heterocycles. The lowest BCUT2D eigenvalue weighted by molar-refractivity contribution is -0.906. The predicted octanol–water partition coefficient (Wildman–Crippen LogP) is 2.35. The van der Waals surface area contributed by atoms with E-state index >= 15 is 0 Å². The molecule has 0 aromatic heterocycles. The first-order chi connectivity index (χ1) is 11.0. The van der Waals surface area contributed by atoms with E-state index in [0.717, 1.165) is 24.0 Å². The van der Waals surface area contributed by atoms with Crippen molar-refractivity contribution in [3.05, 3.63) is 35.0 Å². The molecule has 23 heavy (non-hydrogen) atoms. The molecule has 3 aliphatic heterocycles. The molecule has 1 aromatic carbocycles. The number of rotatable bonds is 2. The van der Waals surface area contributed by atoms with E-state index in [9.17, 15) is 14.8 Å². The van der Waals surface area contributed by atoms with Crippen LogP contribution < -0.4 is 5.32 Å². The summed E-state index contributed by atoms with van der Waals surface area (Å²) in [6.07, 6.45) is 3.58. The maximum Gasteiger partial charge on any atom is 0.241 e. The Morgan fingerprint density at radius 1 is 1.35 bits per heavy atom. The summed E-state index contributed by atoms with van der Waals surface area (Å²) >= 11 is 0. The summed E-state index contributed by atoms with van der Waals surface area (Å²) in [7, 11) is 0. The maximum absolute atomic E-state index is 13.5. The van der Waals surface area contributed by atoms with Gasteiger partial charge in [-0.2, -0.15) is 0 Å². The van der Waals surface area contributed by atoms with E-state index in [0.29, 0.717) is 32.4 Å². The number of fused-ring (bicyclic) bond motifs is 4. The summed E-state index contributed by atoms with van der Waals surface area (Å²) in [5.41, 5.74) is 0.154. The van der Waals surface area contributed by atoms with Gasteiger partial charge in [-0.1, -0.05) is 25.1 Å². The number of hydrogen-bond acceptors (Lipinski definition) is 3. The quantitative estimate of drug-likeness (QED) is 0.517. The van der Waals surface area contributed by atoms with Gasteiger partial charge in [0.15, 0.2) is 0 Å². The summed E-state index contributed by atoms with van der Waals surface area (Å²) in [6.45, 7) is 2.90. The number of para-hydroxylation sites is 1. The van der Waals surface area contributed by atoms with Gasteiger partial charge in [-0.25, -0.2) is 0 Å². The molecule has 2 fully saturated rings. The van der Waals surface area contributed by atoms with E-state index in [2.05, 4.69) is 5.32 Å². The molecule has 5 heteroatoms. The molecular weight excluding hydrogens is 292 g/mol. The number of nitrogens with zero attached hydrogens (tertiary/aromatic N) is 1. The van der Waals surface area contributed by atoms with E-state index < -0.39 is 21.5 Å². The number of carbonyl (C=O) groups excluding carboxylic acids is 2. The molecule has 1 aromatic rings. The minimum atomic E-state index is -0.852. The second-order valence-electron chi connectivity index (χ2n) is 7.33. The Morgan fingerprint density at radius 2 is 2.13 bits per heavy atom. The van der Waals surface area contributed by atoms with E-state index in [1.807, 2.05) is 31.2 Å². The highest BCUT2D eigenvalue weighted by Crippen LogP contribution is 2.58. The van der Waals surface area contributed by atoms with Gasteiger partial charge in [-0.05, 0) is 30.9 Å². The molecule has 0 radical (unpaired) electrons. The molecule has 4 rings (SSSR count). The van der Waals surface area contributed by atoms with Crippen LogP contribution in [0.2, 0.25) is 0 Å². The van der Waals surface area contributed by atoms with Crippen LogP contribution in [0.4, 0.5) is 5.69 Å². The third kappa shape index (κ3) is 1.64. The Morgan fingerprint density at radius 3 is 2.87 bits per heavy atom. The van der Waals surface area contributed by atoms with Gasteiger partial charge in [0.25, 0.3) is 0 Å². The largest absolute Gasteiger partial charge is 0.633 e. The highest BCUT2D eigenvalue weighted by Gasteiger charge is 2.69. The fourth-order valence-electron chi connectivity index (χ4n) is 5.48. The number of nitrogens with one attached hydrogen (secondary N) is 1. The summed E-state index contributed by atoms with van der Waals surface area (Å²) in [5, 5.41) is 16.5. The summed E-state index contributed by atoms with van der Waals surface area (Å²) in [4.78, 5) is 25.1. The minimum absolute atomic E-state index is 0.0962. The number of quaternary nitrogens is 1. The lowest BCUT2D eigenvalue weighted by Gasteiger charge is -2.56. The number of carbonyl (C=O) groups is 2. The number of aldehydes is 1. The Bertz CT molecular complexity index is 691. The first-order valence-corrected chi connectivity index (χ1v) is 8.47. The SMILES string of the molecule is CC[C@@]1(C=O)CCC[N@@+]2([O-])CC[C@]3(C(=O)Nc4ccccc43)[C@H]12. The van der Waals surface area contributed by atoms with Crippen LogP contribution in [0.25, 0.3) is 0 Å². The van der Waals surface area contributed by atoms with Crippen molar-refractivity contribution < 1.29 is 14.2 Å². The van der Waals surface area contributed by atoms with Gasteiger partial charge in [0, 0.05) is 12.1 Å². The molecule has 122 valence electrons. The van der Waals surface area contributed by atoms with Crippen molar-refractivity contribution in [3.8, 4) is 0 Å². The number of hydrogen-bond donors (Lipinski definition) is 1.